The smallest absolute Gasteiger partial charge is 0.134 e. The first-order chi connectivity index (χ1) is 6.68. The molecule has 1 aromatic carbocycles. The van der Waals surface area contributed by atoms with Gasteiger partial charge in [0, 0.05) is 6.04 Å². The van der Waals surface area contributed by atoms with Gasteiger partial charge in [0.05, 0.1) is 5.02 Å². The van der Waals surface area contributed by atoms with Gasteiger partial charge in [-0.15, -0.1) is 0 Å². The summed E-state index contributed by atoms with van der Waals surface area (Å²) < 4.78 is 0. The van der Waals surface area contributed by atoms with Gasteiger partial charge >= 0.3 is 0 Å². The Morgan fingerprint density at radius 3 is 2.64 bits per heavy atom. The van der Waals surface area contributed by atoms with Gasteiger partial charge in [-0.2, -0.15) is 0 Å². The highest BCUT2D eigenvalue weighted by atomic mass is 35.5. The fraction of sp³-hybridized carbons (Fsp3) is 0.455. The molecule has 2 rings (SSSR count). The van der Waals surface area contributed by atoms with Gasteiger partial charge in [-0.1, -0.05) is 24.1 Å². The first-order valence-corrected chi connectivity index (χ1v) is 5.30. The molecule has 3 heteroatoms. The third-order valence-electron chi connectivity index (χ3n) is 3.01. The Labute approximate surface area is 88.7 Å². The second-order valence-electron chi connectivity index (χ2n) is 3.93. The SMILES string of the molecule is N[C@@H](c1ccc(O)c(Cl)c1)C1CCC1. The summed E-state index contributed by atoms with van der Waals surface area (Å²) in [6, 6.07) is 5.29. The van der Waals surface area contributed by atoms with Crippen molar-refractivity contribution in [3.8, 4) is 5.75 Å². The predicted molar refractivity (Wildman–Crippen MR) is 57.4 cm³/mol. The molecule has 1 atom stereocenters. The molecular formula is C11H14ClNO. The van der Waals surface area contributed by atoms with Crippen molar-refractivity contribution in [2.75, 3.05) is 0 Å². The van der Waals surface area contributed by atoms with Gasteiger partial charge in [-0.25, -0.2) is 0 Å². The van der Waals surface area contributed by atoms with Crippen LogP contribution >= 0.6 is 11.6 Å². The van der Waals surface area contributed by atoms with Crippen molar-refractivity contribution in [2.45, 2.75) is 25.3 Å². The summed E-state index contributed by atoms with van der Waals surface area (Å²) in [5, 5.41) is 9.65. The maximum absolute atomic E-state index is 9.26. The summed E-state index contributed by atoms with van der Waals surface area (Å²) >= 11 is 5.82. The Balaban J connectivity index is 2.18. The first kappa shape index (κ1) is 9.81. The van der Waals surface area contributed by atoms with Crippen LogP contribution in [0.25, 0.3) is 0 Å². The summed E-state index contributed by atoms with van der Waals surface area (Å²) in [6.45, 7) is 0. The second kappa shape index (κ2) is 3.79. The second-order valence-corrected chi connectivity index (χ2v) is 4.33. The molecule has 1 fully saturated rings. The van der Waals surface area contributed by atoms with E-state index >= 15 is 0 Å². The van der Waals surface area contributed by atoms with Crippen LogP contribution < -0.4 is 5.73 Å². The number of halogens is 1. The molecule has 0 bridgehead atoms. The average Bonchev–Trinajstić information content (AvgIpc) is 2.06. The fourth-order valence-electron chi connectivity index (χ4n) is 1.80. The van der Waals surface area contributed by atoms with Crippen molar-refractivity contribution in [3.05, 3.63) is 28.8 Å². The molecule has 0 aromatic heterocycles. The van der Waals surface area contributed by atoms with Gasteiger partial charge in [-0.05, 0) is 36.5 Å². The summed E-state index contributed by atoms with van der Waals surface area (Å²) in [6.07, 6.45) is 3.70. The molecule has 0 heterocycles. The van der Waals surface area contributed by atoms with Crippen LogP contribution in [-0.4, -0.2) is 5.11 Å². The van der Waals surface area contributed by atoms with Crippen LogP contribution in [0, 0.1) is 5.92 Å². The van der Waals surface area contributed by atoms with Crippen molar-refractivity contribution in [1.82, 2.24) is 0 Å². The lowest BCUT2D eigenvalue weighted by Crippen LogP contribution is -2.26. The molecule has 0 unspecified atom stereocenters. The minimum Gasteiger partial charge on any atom is -0.506 e. The molecule has 3 N–H and O–H groups in total. The first-order valence-electron chi connectivity index (χ1n) is 4.92. The molecule has 0 spiro atoms. The highest BCUT2D eigenvalue weighted by molar-refractivity contribution is 6.32. The van der Waals surface area contributed by atoms with E-state index in [2.05, 4.69) is 0 Å². The molecule has 0 saturated heterocycles. The molecule has 76 valence electrons. The van der Waals surface area contributed by atoms with Gasteiger partial charge in [0.1, 0.15) is 5.75 Å². The van der Waals surface area contributed by atoms with E-state index in [1.165, 1.54) is 19.3 Å². The van der Waals surface area contributed by atoms with Crippen LogP contribution in [-0.2, 0) is 0 Å². The number of nitrogens with two attached hydrogens (primary N) is 1. The standard InChI is InChI=1S/C11H14ClNO/c12-9-6-8(4-5-10(9)14)11(13)7-2-1-3-7/h4-7,11,14H,1-3,13H2/t11-/m1/s1. The molecule has 1 aromatic rings. The minimum absolute atomic E-state index is 0.0712. The third-order valence-corrected chi connectivity index (χ3v) is 3.32. The van der Waals surface area contributed by atoms with Gasteiger partial charge in [0.15, 0.2) is 0 Å². The quantitative estimate of drug-likeness (QED) is 0.790. The molecule has 1 aliphatic rings. The fourth-order valence-corrected chi connectivity index (χ4v) is 1.99. The third kappa shape index (κ3) is 1.72. The Bertz CT molecular complexity index is 336. The lowest BCUT2D eigenvalue weighted by Gasteiger charge is -2.31. The van der Waals surface area contributed by atoms with Crippen molar-refractivity contribution in [2.24, 2.45) is 11.7 Å². The van der Waals surface area contributed by atoms with E-state index in [9.17, 15) is 5.11 Å². The Hall–Kier alpha value is -0.730. The largest absolute Gasteiger partial charge is 0.506 e. The maximum atomic E-state index is 9.26. The molecule has 14 heavy (non-hydrogen) atoms. The van der Waals surface area contributed by atoms with E-state index in [-0.39, 0.29) is 11.8 Å². The highest BCUT2D eigenvalue weighted by Crippen LogP contribution is 2.37. The van der Waals surface area contributed by atoms with Gasteiger partial charge in [0.2, 0.25) is 0 Å². The van der Waals surface area contributed by atoms with Gasteiger partial charge in [-0.3, -0.25) is 0 Å². The number of hydrogen-bond donors (Lipinski definition) is 2. The van der Waals surface area contributed by atoms with E-state index < -0.39 is 0 Å². The number of rotatable bonds is 2. The lowest BCUT2D eigenvalue weighted by atomic mass is 9.77. The van der Waals surface area contributed by atoms with E-state index in [4.69, 9.17) is 17.3 Å². The maximum Gasteiger partial charge on any atom is 0.134 e. The monoisotopic (exact) mass is 211 g/mol. The number of phenolic OH excluding ortho intramolecular Hbond substituents is 1. The molecule has 1 aliphatic carbocycles. The van der Waals surface area contributed by atoms with Crippen LogP contribution in [0.5, 0.6) is 5.75 Å². The van der Waals surface area contributed by atoms with Crippen LogP contribution in [0.2, 0.25) is 5.02 Å². The zero-order valence-electron chi connectivity index (χ0n) is 7.91. The van der Waals surface area contributed by atoms with E-state index in [0.717, 1.165) is 5.56 Å². The summed E-state index contributed by atoms with van der Waals surface area (Å²) in [5.74, 6) is 0.715. The van der Waals surface area contributed by atoms with Gasteiger partial charge in [0.25, 0.3) is 0 Å². The van der Waals surface area contributed by atoms with Crippen molar-refractivity contribution in [3.63, 3.8) is 0 Å². The molecular weight excluding hydrogens is 198 g/mol. The normalized spacial score (nSPS) is 19.0. The zero-order valence-corrected chi connectivity index (χ0v) is 8.67. The van der Waals surface area contributed by atoms with E-state index in [1.54, 1.807) is 12.1 Å². The Kier molecular flexibility index (Phi) is 2.66. The minimum atomic E-state index is 0.0712. The van der Waals surface area contributed by atoms with Crippen LogP contribution in [0.4, 0.5) is 0 Å². The molecule has 0 radical (unpaired) electrons. The molecule has 0 amide bonds. The molecule has 0 aliphatic heterocycles. The van der Waals surface area contributed by atoms with E-state index in [1.807, 2.05) is 6.07 Å². The number of hydrogen-bond acceptors (Lipinski definition) is 2. The summed E-state index contributed by atoms with van der Waals surface area (Å²) in [4.78, 5) is 0. The Morgan fingerprint density at radius 2 is 2.14 bits per heavy atom. The van der Waals surface area contributed by atoms with E-state index in [0.29, 0.717) is 10.9 Å². The summed E-state index contributed by atoms with van der Waals surface area (Å²) in [5.41, 5.74) is 7.10. The average molecular weight is 212 g/mol. The van der Waals surface area contributed by atoms with Crippen molar-refractivity contribution in [1.29, 1.82) is 0 Å². The predicted octanol–water partition coefficient (Wildman–Crippen LogP) is 2.85. The highest BCUT2D eigenvalue weighted by Gasteiger charge is 2.25. The van der Waals surface area contributed by atoms with Crippen molar-refractivity contribution >= 4 is 11.6 Å². The van der Waals surface area contributed by atoms with Crippen LogP contribution in [0.15, 0.2) is 18.2 Å². The topological polar surface area (TPSA) is 46.2 Å². The zero-order chi connectivity index (χ0) is 10.1. The van der Waals surface area contributed by atoms with Gasteiger partial charge < -0.3 is 10.8 Å². The number of aromatic hydroxyl groups is 1. The Morgan fingerprint density at radius 1 is 1.43 bits per heavy atom. The molecule has 1 saturated carbocycles. The lowest BCUT2D eigenvalue weighted by molar-refractivity contribution is 0.264. The van der Waals surface area contributed by atoms with Crippen LogP contribution in [0.1, 0.15) is 30.9 Å². The number of phenols is 1. The van der Waals surface area contributed by atoms with Crippen LogP contribution in [0.3, 0.4) is 0 Å². The van der Waals surface area contributed by atoms with Crippen molar-refractivity contribution < 1.29 is 5.11 Å². The molecule has 2 nitrogen and oxygen atoms in total. The summed E-state index contributed by atoms with van der Waals surface area (Å²) in [7, 11) is 0. The number of benzene rings is 1.